The zero-order valence-electron chi connectivity index (χ0n) is 30.0. The number of fused-ring (bicyclic) bond motifs is 20. The van der Waals surface area contributed by atoms with Crippen LogP contribution in [0.4, 0.5) is 0 Å². The Morgan fingerprint density at radius 3 is 1.66 bits per heavy atom. The van der Waals surface area contributed by atoms with Crippen LogP contribution in [0, 0.1) is 0 Å². The molecular formula is C52H29N3S. The minimum absolute atomic E-state index is 0.673. The van der Waals surface area contributed by atoms with E-state index in [4.69, 9.17) is 9.97 Å². The van der Waals surface area contributed by atoms with E-state index in [1.165, 1.54) is 74.0 Å². The second-order valence-corrected chi connectivity index (χ2v) is 15.9. The SMILES string of the molecule is c1ccc(-c2nc(-n3c4c(ccc5c6ccccc6sc54)c4c5ccccc5c5c6ccccc6c6ccccc6c5c43)nc3c2ccc2ccccc23)cc1. The summed E-state index contributed by atoms with van der Waals surface area (Å²) >= 11 is 1.86. The summed E-state index contributed by atoms with van der Waals surface area (Å²) in [5.41, 5.74) is 5.23. The summed E-state index contributed by atoms with van der Waals surface area (Å²) in [6.45, 7) is 0. The zero-order valence-corrected chi connectivity index (χ0v) is 30.8. The molecule has 0 saturated carbocycles. The van der Waals surface area contributed by atoms with Crippen molar-refractivity contribution in [3.05, 3.63) is 176 Å². The molecule has 0 saturated heterocycles. The van der Waals surface area contributed by atoms with Crippen LogP contribution in [0.5, 0.6) is 0 Å². The average Bonchev–Trinajstić information content (AvgIpc) is 3.83. The second-order valence-electron chi connectivity index (χ2n) is 14.8. The van der Waals surface area contributed by atoms with Gasteiger partial charge in [-0.05, 0) is 49.8 Å². The lowest BCUT2D eigenvalue weighted by atomic mass is 9.89. The molecule has 0 spiro atoms. The van der Waals surface area contributed by atoms with Crippen molar-refractivity contribution in [1.82, 2.24) is 14.5 Å². The lowest BCUT2D eigenvalue weighted by Crippen LogP contribution is -2.04. The number of aromatic nitrogens is 3. The van der Waals surface area contributed by atoms with Crippen LogP contribution in [0.25, 0.3) is 124 Å². The smallest absolute Gasteiger partial charge is 0.235 e. The van der Waals surface area contributed by atoms with Gasteiger partial charge in [0.1, 0.15) is 0 Å². The van der Waals surface area contributed by atoms with Gasteiger partial charge in [-0.25, -0.2) is 9.97 Å². The average molecular weight is 728 g/mol. The Morgan fingerprint density at radius 2 is 0.911 bits per heavy atom. The van der Waals surface area contributed by atoms with Gasteiger partial charge in [0.2, 0.25) is 5.95 Å². The minimum Gasteiger partial charge on any atom is -0.276 e. The molecule has 0 aliphatic heterocycles. The predicted molar refractivity (Wildman–Crippen MR) is 240 cm³/mol. The molecule has 0 aliphatic rings. The Morgan fingerprint density at radius 1 is 0.357 bits per heavy atom. The summed E-state index contributed by atoms with van der Waals surface area (Å²) in [4.78, 5) is 11.3. The number of thiophene rings is 1. The quantitative estimate of drug-likeness (QED) is 0.166. The van der Waals surface area contributed by atoms with Crippen molar-refractivity contribution in [2.45, 2.75) is 0 Å². The first-order chi connectivity index (χ1) is 27.8. The van der Waals surface area contributed by atoms with Gasteiger partial charge in [-0.2, -0.15) is 0 Å². The molecule has 0 fully saturated rings. The fourth-order valence-corrected chi connectivity index (χ4v) is 10.9. The van der Waals surface area contributed by atoms with E-state index in [-0.39, 0.29) is 0 Å². The highest BCUT2D eigenvalue weighted by Gasteiger charge is 2.26. The van der Waals surface area contributed by atoms with Crippen LogP contribution < -0.4 is 0 Å². The third-order valence-electron chi connectivity index (χ3n) is 11.9. The Kier molecular flexibility index (Phi) is 6.04. The maximum atomic E-state index is 5.68. The van der Waals surface area contributed by atoms with Crippen molar-refractivity contribution >= 4 is 118 Å². The first-order valence-electron chi connectivity index (χ1n) is 19.1. The lowest BCUT2D eigenvalue weighted by molar-refractivity contribution is 1.02. The molecule has 0 radical (unpaired) electrons. The molecule has 56 heavy (non-hydrogen) atoms. The molecule has 13 aromatic rings. The third-order valence-corrected chi connectivity index (χ3v) is 13.1. The van der Waals surface area contributed by atoms with Gasteiger partial charge in [-0.1, -0.05) is 164 Å². The fourth-order valence-electron chi connectivity index (χ4n) is 9.61. The van der Waals surface area contributed by atoms with Gasteiger partial charge in [0.25, 0.3) is 0 Å². The molecule has 0 amide bonds. The van der Waals surface area contributed by atoms with Gasteiger partial charge in [-0.3, -0.25) is 4.57 Å². The fraction of sp³-hybridized carbons (Fsp3) is 0. The summed E-state index contributed by atoms with van der Waals surface area (Å²) in [6.07, 6.45) is 0. The molecule has 13 rings (SSSR count). The third kappa shape index (κ3) is 3.95. The zero-order chi connectivity index (χ0) is 36.5. The van der Waals surface area contributed by atoms with Crippen LogP contribution in [-0.4, -0.2) is 14.5 Å². The lowest BCUT2D eigenvalue weighted by Gasteiger charge is -2.17. The molecule has 3 nitrogen and oxygen atoms in total. The van der Waals surface area contributed by atoms with Crippen molar-refractivity contribution in [3.8, 4) is 17.2 Å². The van der Waals surface area contributed by atoms with Gasteiger partial charge in [-0.15, -0.1) is 11.3 Å². The molecule has 3 heterocycles. The second kappa shape index (κ2) is 11.2. The molecule has 0 unspecified atom stereocenters. The molecule has 0 bridgehead atoms. The van der Waals surface area contributed by atoms with Crippen LogP contribution in [0.1, 0.15) is 0 Å². The van der Waals surface area contributed by atoms with Gasteiger partial charge >= 0.3 is 0 Å². The highest BCUT2D eigenvalue weighted by atomic mass is 32.1. The molecule has 10 aromatic carbocycles. The van der Waals surface area contributed by atoms with Crippen molar-refractivity contribution in [2.24, 2.45) is 0 Å². The van der Waals surface area contributed by atoms with E-state index in [1.54, 1.807) is 0 Å². The Hall–Kier alpha value is -7.14. The normalized spacial score (nSPS) is 12.3. The van der Waals surface area contributed by atoms with Crippen LogP contribution in [0.2, 0.25) is 0 Å². The molecule has 258 valence electrons. The standard InChI is InChI=1S/C52H29N3S/c1-2-15-31(16-3-1)47-42-27-26-30-14-4-5-17-32(30)48(42)54-52(53-47)55-49-41(29-28-40-35-20-12-13-25-43(35)56-51(40)49)45-39-24-11-10-23-38(39)44-36-21-8-6-18-33(36)34-19-7-9-22-37(34)46(44)50(45)55/h1-29H. The molecule has 0 aliphatic carbocycles. The molecule has 3 aromatic heterocycles. The van der Waals surface area contributed by atoms with Crippen molar-refractivity contribution in [1.29, 1.82) is 0 Å². The van der Waals surface area contributed by atoms with E-state index < -0.39 is 0 Å². The van der Waals surface area contributed by atoms with Gasteiger partial charge in [0, 0.05) is 53.4 Å². The van der Waals surface area contributed by atoms with Gasteiger partial charge < -0.3 is 0 Å². The van der Waals surface area contributed by atoms with Crippen LogP contribution >= 0.6 is 11.3 Å². The first-order valence-corrected chi connectivity index (χ1v) is 19.9. The van der Waals surface area contributed by atoms with Crippen LogP contribution in [0.3, 0.4) is 0 Å². The molecular weight excluding hydrogens is 699 g/mol. The molecule has 0 N–H and O–H groups in total. The van der Waals surface area contributed by atoms with Gasteiger partial charge in [0.05, 0.1) is 26.9 Å². The van der Waals surface area contributed by atoms with Gasteiger partial charge in [0.15, 0.2) is 0 Å². The van der Waals surface area contributed by atoms with E-state index in [0.717, 1.165) is 44.0 Å². The maximum Gasteiger partial charge on any atom is 0.235 e. The summed E-state index contributed by atoms with van der Waals surface area (Å²) in [5, 5.41) is 18.2. The first kappa shape index (κ1) is 30.2. The topological polar surface area (TPSA) is 30.7 Å². The summed E-state index contributed by atoms with van der Waals surface area (Å²) < 4.78 is 4.95. The van der Waals surface area contributed by atoms with Crippen molar-refractivity contribution in [2.75, 3.05) is 0 Å². The Bertz CT molecular complexity index is 3820. The van der Waals surface area contributed by atoms with E-state index in [1.807, 2.05) is 11.3 Å². The maximum absolute atomic E-state index is 5.68. The van der Waals surface area contributed by atoms with E-state index in [0.29, 0.717) is 5.95 Å². The Labute approximate surface area is 324 Å². The van der Waals surface area contributed by atoms with E-state index in [2.05, 4.69) is 180 Å². The number of hydrogen-bond acceptors (Lipinski definition) is 3. The van der Waals surface area contributed by atoms with Crippen molar-refractivity contribution < 1.29 is 0 Å². The van der Waals surface area contributed by atoms with Crippen LogP contribution in [-0.2, 0) is 0 Å². The molecule has 0 atom stereocenters. The van der Waals surface area contributed by atoms with Crippen LogP contribution in [0.15, 0.2) is 176 Å². The van der Waals surface area contributed by atoms with Crippen molar-refractivity contribution in [3.63, 3.8) is 0 Å². The number of nitrogens with zero attached hydrogens (tertiary/aromatic N) is 3. The molecule has 4 heteroatoms. The minimum atomic E-state index is 0.673. The largest absolute Gasteiger partial charge is 0.276 e. The monoisotopic (exact) mass is 727 g/mol. The van der Waals surface area contributed by atoms with E-state index >= 15 is 0 Å². The van der Waals surface area contributed by atoms with E-state index in [9.17, 15) is 0 Å². The summed E-state index contributed by atoms with van der Waals surface area (Å²) in [7, 11) is 0. The number of hydrogen-bond donors (Lipinski definition) is 0. The highest BCUT2D eigenvalue weighted by Crippen LogP contribution is 2.50. The summed E-state index contributed by atoms with van der Waals surface area (Å²) in [6, 6.07) is 63.9. The Balaban J connectivity index is 1.37. The summed E-state index contributed by atoms with van der Waals surface area (Å²) in [5.74, 6) is 0.673. The highest BCUT2D eigenvalue weighted by molar-refractivity contribution is 7.26. The number of benzene rings is 10. The number of rotatable bonds is 2. The predicted octanol–water partition coefficient (Wildman–Crippen LogP) is 14.5.